The largest absolute Gasteiger partial charge is 0.381 e. The Labute approximate surface area is 116 Å². The molecule has 1 saturated heterocycles. The van der Waals surface area contributed by atoms with Crippen LogP contribution in [0.5, 0.6) is 0 Å². The van der Waals surface area contributed by atoms with Crippen LogP contribution >= 0.6 is 0 Å². The van der Waals surface area contributed by atoms with Gasteiger partial charge in [-0.25, -0.2) is 0 Å². The average Bonchev–Trinajstić information content (AvgIpc) is 2.61. The number of guanidine groups is 1. The number of hydrogen-bond acceptors (Lipinski definition) is 5. The molecule has 1 atom stereocenters. The third kappa shape index (κ3) is 3.20. The Hall–Kier alpha value is -0.810. The fourth-order valence-electron chi connectivity index (χ4n) is 3.20. The van der Waals surface area contributed by atoms with Gasteiger partial charge in [0.2, 0.25) is 0 Å². The molecule has 1 spiro atoms. The van der Waals surface area contributed by atoms with Crippen LogP contribution in [0.15, 0.2) is 4.99 Å². The highest BCUT2D eigenvalue weighted by Crippen LogP contribution is 2.32. The number of nitrogens with two attached hydrogens (primary N) is 1. The Morgan fingerprint density at radius 1 is 1.32 bits per heavy atom. The third-order valence-corrected chi connectivity index (χ3v) is 4.56. The van der Waals surface area contributed by atoms with Gasteiger partial charge in [-0.05, 0) is 32.4 Å². The summed E-state index contributed by atoms with van der Waals surface area (Å²) >= 11 is 0. The van der Waals surface area contributed by atoms with Crippen molar-refractivity contribution in [3.8, 4) is 0 Å². The topological polar surface area (TPSA) is 54.1 Å². The van der Waals surface area contributed by atoms with Gasteiger partial charge in [-0.1, -0.05) is 13.8 Å². The first-order valence-electron chi connectivity index (χ1n) is 7.59. The maximum atomic E-state index is 6.12. The molecule has 0 aromatic carbocycles. The minimum Gasteiger partial charge on any atom is -0.381 e. The molecule has 0 bridgehead atoms. The van der Waals surface area contributed by atoms with E-state index in [1.807, 2.05) is 0 Å². The summed E-state index contributed by atoms with van der Waals surface area (Å²) in [6, 6.07) is 0. The zero-order valence-electron chi connectivity index (χ0n) is 12.4. The van der Waals surface area contributed by atoms with Crippen molar-refractivity contribution in [1.29, 1.82) is 0 Å². The number of hydrogen-bond donors (Lipinski definition) is 1. The van der Waals surface area contributed by atoms with E-state index in [9.17, 15) is 0 Å². The molecule has 1 unspecified atom stereocenters. The summed E-state index contributed by atoms with van der Waals surface area (Å²) in [5.74, 6) is 0.731. The molecular weight excluding hydrogens is 240 g/mol. The standard InChI is InChI=1S/C14H28N4O/c1-3-17(4-2)8-9-18-13(15)16-12-14(18)6-5-10-19-11-7-14/h3-12H2,1-2H3,(H2,15,16). The number of nitrogens with zero attached hydrogens (tertiary/aromatic N) is 3. The Morgan fingerprint density at radius 3 is 2.84 bits per heavy atom. The van der Waals surface area contributed by atoms with E-state index in [4.69, 9.17) is 10.5 Å². The molecule has 0 amide bonds. The minimum atomic E-state index is 0.133. The van der Waals surface area contributed by atoms with Gasteiger partial charge in [-0.3, -0.25) is 4.99 Å². The average molecular weight is 268 g/mol. The van der Waals surface area contributed by atoms with Gasteiger partial charge in [-0.15, -0.1) is 0 Å². The van der Waals surface area contributed by atoms with E-state index >= 15 is 0 Å². The molecule has 0 aliphatic carbocycles. The zero-order valence-corrected chi connectivity index (χ0v) is 12.4. The van der Waals surface area contributed by atoms with E-state index in [0.717, 1.165) is 71.2 Å². The Morgan fingerprint density at radius 2 is 2.11 bits per heavy atom. The van der Waals surface area contributed by atoms with Gasteiger partial charge in [0, 0.05) is 26.3 Å². The molecule has 5 heteroatoms. The van der Waals surface area contributed by atoms with Crippen LogP contribution in [0, 0.1) is 0 Å². The molecule has 1 fully saturated rings. The first kappa shape index (κ1) is 14.6. The van der Waals surface area contributed by atoms with Crippen LogP contribution in [0.3, 0.4) is 0 Å². The number of likely N-dealkylation sites (N-methyl/N-ethyl adjacent to an activating group) is 1. The fourth-order valence-corrected chi connectivity index (χ4v) is 3.20. The molecule has 2 rings (SSSR count). The highest BCUT2D eigenvalue weighted by Gasteiger charge is 2.42. The Bertz CT molecular complexity index is 307. The second-order valence-corrected chi connectivity index (χ2v) is 5.54. The summed E-state index contributed by atoms with van der Waals surface area (Å²) in [7, 11) is 0. The molecule has 2 aliphatic heterocycles. The highest BCUT2D eigenvalue weighted by molar-refractivity contribution is 5.81. The first-order chi connectivity index (χ1) is 9.22. The molecule has 0 radical (unpaired) electrons. The van der Waals surface area contributed by atoms with E-state index in [2.05, 4.69) is 28.6 Å². The lowest BCUT2D eigenvalue weighted by atomic mass is 9.89. The van der Waals surface area contributed by atoms with Gasteiger partial charge < -0.3 is 20.3 Å². The molecule has 2 N–H and O–H groups in total. The van der Waals surface area contributed by atoms with Crippen molar-refractivity contribution in [3.05, 3.63) is 0 Å². The predicted molar refractivity (Wildman–Crippen MR) is 78.4 cm³/mol. The number of ether oxygens (including phenoxy) is 1. The molecule has 110 valence electrons. The molecule has 5 nitrogen and oxygen atoms in total. The van der Waals surface area contributed by atoms with Gasteiger partial charge in [-0.2, -0.15) is 0 Å². The van der Waals surface area contributed by atoms with Crippen molar-refractivity contribution < 1.29 is 4.74 Å². The summed E-state index contributed by atoms with van der Waals surface area (Å²) in [6.07, 6.45) is 3.31. The number of aliphatic imine (C=N–C) groups is 1. The van der Waals surface area contributed by atoms with Gasteiger partial charge in [0.1, 0.15) is 0 Å². The Kier molecular flexibility index (Phi) is 5.05. The van der Waals surface area contributed by atoms with Crippen LogP contribution in [0.25, 0.3) is 0 Å². The summed E-state index contributed by atoms with van der Waals surface area (Å²) in [4.78, 5) is 9.30. The van der Waals surface area contributed by atoms with Crippen molar-refractivity contribution in [2.75, 3.05) is 45.9 Å². The van der Waals surface area contributed by atoms with Crippen molar-refractivity contribution in [2.45, 2.75) is 38.6 Å². The molecule has 2 aliphatic rings. The van der Waals surface area contributed by atoms with E-state index < -0.39 is 0 Å². The molecule has 0 aromatic heterocycles. The SMILES string of the molecule is CCN(CC)CCN1C(N)=NCC12CCCOCC2. The smallest absolute Gasteiger partial charge is 0.191 e. The second-order valence-electron chi connectivity index (χ2n) is 5.54. The van der Waals surface area contributed by atoms with Crippen LogP contribution in [-0.4, -0.2) is 67.2 Å². The predicted octanol–water partition coefficient (Wildman–Crippen LogP) is 0.898. The lowest BCUT2D eigenvalue weighted by Crippen LogP contribution is -2.54. The molecule has 2 heterocycles. The van der Waals surface area contributed by atoms with Gasteiger partial charge in [0.25, 0.3) is 0 Å². The van der Waals surface area contributed by atoms with Gasteiger partial charge >= 0.3 is 0 Å². The summed E-state index contributed by atoms with van der Waals surface area (Å²) in [5, 5.41) is 0. The van der Waals surface area contributed by atoms with Crippen molar-refractivity contribution in [2.24, 2.45) is 10.7 Å². The molecule has 19 heavy (non-hydrogen) atoms. The van der Waals surface area contributed by atoms with Gasteiger partial charge in [0.15, 0.2) is 5.96 Å². The first-order valence-corrected chi connectivity index (χ1v) is 7.59. The van der Waals surface area contributed by atoms with Crippen LogP contribution in [0.1, 0.15) is 33.1 Å². The van der Waals surface area contributed by atoms with Crippen LogP contribution < -0.4 is 5.73 Å². The normalized spacial score (nSPS) is 27.9. The monoisotopic (exact) mass is 268 g/mol. The highest BCUT2D eigenvalue weighted by atomic mass is 16.5. The van der Waals surface area contributed by atoms with E-state index in [1.165, 1.54) is 0 Å². The maximum absolute atomic E-state index is 6.12. The lowest BCUT2D eigenvalue weighted by molar-refractivity contribution is 0.117. The van der Waals surface area contributed by atoms with Crippen molar-refractivity contribution in [3.63, 3.8) is 0 Å². The lowest BCUT2D eigenvalue weighted by Gasteiger charge is -2.39. The zero-order chi connectivity index (χ0) is 13.7. The van der Waals surface area contributed by atoms with Crippen LogP contribution in [0.2, 0.25) is 0 Å². The molecular formula is C14H28N4O. The van der Waals surface area contributed by atoms with Crippen LogP contribution in [0.4, 0.5) is 0 Å². The maximum Gasteiger partial charge on any atom is 0.191 e. The minimum absolute atomic E-state index is 0.133. The van der Waals surface area contributed by atoms with E-state index in [1.54, 1.807) is 0 Å². The summed E-state index contributed by atoms with van der Waals surface area (Å²) in [5.41, 5.74) is 6.25. The van der Waals surface area contributed by atoms with E-state index in [0.29, 0.717) is 0 Å². The van der Waals surface area contributed by atoms with Crippen molar-refractivity contribution >= 4 is 5.96 Å². The fraction of sp³-hybridized carbons (Fsp3) is 0.929. The number of rotatable bonds is 5. The third-order valence-electron chi connectivity index (χ3n) is 4.56. The Balaban J connectivity index is 1.99. The van der Waals surface area contributed by atoms with Crippen LogP contribution in [-0.2, 0) is 4.74 Å². The molecule has 0 saturated carbocycles. The summed E-state index contributed by atoms with van der Waals surface area (Å²) in [6.45, 7) is 11.2. The van der Waals surface area contributed by atoms with E-state index in [-0.39, 0.29) is 5.54 Å². The summed E-state index contributed by atoms with van der Waals surface area (Å²) < 4.78 is 5.60. The molecule has 0 aromatic rings. The van der Waals surface area contributed by atoms with Crippen molar-refractivity contribution in [1.82, 2.24) is 9.80 Å². The quantitative estimate of drug-likeness (QED) is 0.805. The van der Waals surface area contributed by atoms with Gasteiger partial charge in [0.05, 0.1) is 12.1 Å². The second kappa shape index (κ2) is 6.57.